The summed E-state index contributed by atoms with van der Waals surface area (Å²) in [5.41, 5.74) is 0.336. The van der Waals surface area contributed by atoms with Crippen molar-refractivity contribution in [2.45, 2.75) is 98.0 Å². The number of hydrogen-bond acceptors (Lipinski definition) is 4. The van der Waals surface area contributed by atoms with Crippen LogP contribution in [0.3, 0.4) is 0 Å². The maximum Gasteiger partial charge on any atom is 0.469 e. The Balaban J connectivity index is 4.91. The maximum absolute atomic E-state index is 11.5. The average molecular weight is 465 g/mol. The zero-order chi connectivity index (χ0) is 23.8. The van der Waals surface area contributed by atoms with Gasteiger partial charge in [0.2, 0.25) is 0 Å². The second-order valence-corrected chi connectivity index (χ2v) is 9.91. The molecule has 0 heterocycles. The van der Waals surface area contributed by atoms with Crippen LogP contribution in [0.1, 0.15) is 91.9 Å². The first-order valence-corrected chi connectivity index (χ1v) is 13.5. The van der Waals surface area contributed by atoms with Crippen molar-refractivity contribution in [1.29, 1.82) is 0 Å². The molecule has 2 N–H and O–H groups in total. The lowest BCUT2D eigenvalue weighted by molar-refractivity contribution is -0.929. The lowest BCUT2D eigenvalue weighted by Crippen LogP contribution is -2.51. The smallest absolute Gasteiger partial charge is 0.462 e. The molecule has 0 radical (unpaired) electrons. The molecule has 0 aliphatic heterocycles. The Morgan fingerprint density at radius 2 is 1.35 bits per heavy atom. The zero-order valence-corrected chi connectivity index (χ0v) is 21.2. The molecule has 0 aromatic rings. The molecule has 0 saturated carbocycles. The van der Waals surface area contributed by atoms with Crippen LogP contribution in [-0.2, 0) is 18.6 Å². The third-order valence-electron chi connectivity index (χ3n) is 5.66. The molecule has 8 heteroatoms. The fourth-order valence-corrected chi connectivity index (χ4v) is 4.45. The molecule has 0 aromatic heterocycles. The van der Waals surface area contributed by atoms with Crippen LogP contribution >= 0.6 is 7.82 Å². The number of nitrogens with zero attached hydrogens (tertiary/aromatic N) is 1. The quantitative estimate of drug-likeness (QED) is 0.0828. The summed E-state index contributed by atoms with van der Waals surface area (Å²) >= 11 is 0. The van der Waals surface area contributed by atoms with Gasteiger partial charge in [-0.2, -0.15) is 0 Å². The number of carbonyl (C=O) groups excluding carboxylic acids is 1. The number of phosphoric ester groups is 1. The van der Waals surface area contributed by atoms with Gasteiger partial charge in [-0.25, -0.2) is 9.36 Å². The summed E-state index contributed by atoms with van der Waals surface area (Å²) < 4.78 is 22.7. The Labute approximate surface area is 190 Å². The first-order valence-electron chi connectivity index (χ1n) is 12.0. The third kappa shape index (κ3) is 15.7. The largest absolute Gasteiger partial charge is 0.469 e. The molecule has 7 nitrogen and oxygen atoms in total. The number of quaternary nitrogens is 1. The highest BCUT2D eigenvalue weighted by Gasteiger charge is 2.27. The van der Waals surface area contributed by atoms with Crippen molar-refractivity contribution in [3.63, 3.8) is 0 Å². The number of phosphoric acid groups is 1. The molecule has 0 bridgehead atoms. The van der Waals surface area contributed by atoms with Crippen molar-refractivity contribution in [2.24, 2.45) is 0 Å². The molecule has 0 aliphatic carbocycles. The van der Waals surface area contributed by atoms with Gasteiger partial charge in [0.15, 0.2) is 0 Å². The monoisotopic (exact) mass is 464 g/mol. The van der Waals surface area contributed by atoms with Crippen LogP contribution in [0, 0.1) is 0 Å². The van der Waals surface area contributed by atoms with E-state index in [0.29, 0.717) is 24.8 Å². The summed E-state index contributed by atoms with van der Waals surface area (Å²) in [6.45, 7) is 16.5. The fraction of sp³-hybridized carbons (Fsp3) is 0.870. The van der Waals surface area contributed by atoms with E-state index in [1.165, 1.54) is 38.5 Å². The molecule has 0 spiro atoms. The molecule has 0 aliphatic rings. The Hall–Kier alpha value is -0.720. The van der Waals surface area contributed by atoms with Crippen LogP contribution < -0.4 is 0 Å². The van der Waals surface area contributed by atoms with E-state index in [4.69, 9.17) is 9.26 Å². The molecule has 31 heavy (non-hydrogen) atoms. The molecular weight excluding hydrogens is 417 g/mol. The average Bonchev–Trinajstić information content (AvgIpc) is 2.70. The molecule has 1 atom stereocenters. The van der Waals surface area contributed by atoms with Crippen molar-refractivity contribution >= 4 is 13.8 Å². The molecule has 0 amide bonds. The van der Waals surface area contributed by atoms with Crippen LogP contribution in [0.4, 0.5) is 0 Å². The third-order valence-corrected chi connectivity index (χ3v) is 6.23. The van der Waals surface area contributed by atoms with Gasteiger partial charge in [0.05, 0.1) is 38.9 Å². The Morgan fingerprint density at radius 3 is 1.77 bits per heavy atom. The molecule has 0 aromatic carbocycles. The van der Waals surface area contributed by atoms with Gasteiger partial charge in [-0.1, -0.05) is 46.6 Å². The van der Waals surface area contributed by atoms with E-state index in [1.807, 2.05) is 0 Å². The summed E-state index contributed by atoms with van der Waals surface area (Å²) in [4.78, 5) is 30.1. The Bertz CT molecular complexity index is 526. The summed E-state index contributed by atoms with van der Waals surface area (Å²) in [5, 5.41) is 0. The van der Waals surface area contributed by atoms with E-state index >= 15 is 0 Å². The molecule has 0 saturated heterocycles. The van der Waals surface area contributed by atoms with Crippen LogP contribution in [0.15, 0.2) is 12.2 Å². The van der Waals surface area contributed by atoms with Crippen molar-refractivity contribution in [2.75, 3.05) is 32.8 Å². The van der Waals surface area contributed by atoms with Gasteiger partial charge < -0.3 is 19.0 Å². The number of hydrogen-bond donors (Lipinski definition) is 2. The van der Waals surface area contributed by atoms with E-state index in [9.17, 15) is 19.1 Å². The van der Waals surface area contributed by atoms with Gasteiger partial charge in [0.1, 0.15) is 0 Å². The van der Waals surface area contributed by atoms with Crippen molar-refractivity contribution in [1.82, 2.24) is 0 Å². The standard InChI is InChI=1S/C23H46NO6P/c1-6-9-16-24(17-10-7-2,18-11-8-3)19-12-14-22(30-31(26,27)28)15-13-20-29-23(25)21(4)5/h22H,4,6-20H2,1-3,5H3,(H-,26,27,28)/p+1. The van der Waals surface area contributed by atoms with Crippen molar-refractivity contribution in [3.05, 3.63) is 12.2 Å². The van der Waals surface area contributed by atoms with Crippen LogP contribution in [0.2, 0.25) is 0 Å². The highest BCUT2D eigenvalue weighted by Crippen LogP contribution is 2.39. The van der Waals surface area contributed by atoms with Crippen LogP contribution in [0.5, 0.6) is 0 Å². The van der Waals surface area contributed by atoms with E-state index in [1.54, 1.807) is 6.92 Å². The highest BCUT2D eigenvalue weighted by molar-refractivity contribution is 7.46. The van der Waals surface area contributed by atoms with Gasteiger partial charge in [-0.3, -0.25) is 4.52 Å². The molecule has 0 fully saturated rings. The van der Waals surface area contributed by atoms with Crippen molar-refractivity contribution in [3.8, 4) is 0 Å². The van der Waals surface area contributed by atoms with Gasteiger partial charge in [0, 0.05) is 5.57 Å². The summed E-state index contributed by atoms with van der Waals surface area (Å²) in [6, 6.07) is 0. The Morgan fingerprint density at radius 1 is 0.903 bits per heavy atom. The normalized spacial score (nSPS) is 13.2. The second kappa shape index (κ2) is 16.8. The van der Waals surface area contributed by atoms with Crippen molar-refractivity contribution < 1.29 is 32.9 Å². The molecule has 1 unspecified atom stereocenters. The first kappa shape index (κ1) is 30.3. The zero-order valence-electron chi connectivity index (χ0n) is 20.3. The lowest BCUT2D eigenvalue weighted by Gasteiger charge is -2.39. The number of carbonyl (C=O) groups is 1. The molecule has 184 valence electrons. The number of ether oxygens (including phenoxy) is 1. The topological polar surface area (TPSA) is 93.1 Å². The van der Waals surface area contributed by atoms with Crippen LogP contribution in [0.25, 0.3) is 0 Å². The van der Waals surface area contributed by atoms with Crippen LogP contribution in [-0.4, -0.2) is 59.1 Å². The summed E-state index contributed by atoms with van der Waals surface area (Å²) in [7, 11) is -4.57. The second-order valence-electron chi connectivity index (χ2n) is 8.72. The predicted octanol–water partition coefficient (Wildman–Crippen LogP) is 5.36. The minimum absolute atomic E-state index is 0.191. The molecular formula is C23H47NO6P+. The summed E-state index contributed by atoms with van der Waals surface area (Å²) in [5.74, 6) is -0.447. The van der Waals surface area contributed by atoms with Gasteiger partial charge in [-0.05, 0) is 51.9 Å². The van der Waals surface area contributed by atoms with E-state index in [2.05, 4.69) is 27.4 Å². The van der Waals surface area contributed by atoms with Gasteiger partial charge in [-0.15, -0.1) is 0 Å². The molecule has 0 rings (SSSR count). The minimum atomic E-state index is -4.57. The van der Waals surface area contributed by atoms with Gasteiger partial charge in [0.25, 0.3) is 0 Å². The van der Waals surface area contributed by atoms with E-state index in [0.717, 1.165) is 37.1 Å². The van der Waals surface area contributed by atoms with E-state index < -0.39 is 19.9 Å². The predicted molar refractivity (Wildman–Crippen MR) is 126 cm³/mol. The first-order chi connectivity index (χ1) is 14.6. The number of unbranched alkanes of at least 4 members (excludes halogenated alkanes) is 3. The van der Waals surface area contributed by atoms with E-state index in [-0.39, 0.29) is 6.61 Å². The Kier molecular flexibility index (Phi) is 16.5. The number of esters is 1. The number of rotatable bonds is 20. The highest BCUT2D eigenvalue weighted by atomic mass is 31.2. The van der Waals surface area contributed by atoms with Gasteiger partial charge >= 0.3 is 13.8 Å². The minimum Gasteiger partial charge on any atom is -0.462 e. The SMILES string of the molecule is C=C(C)C(=O)OCCCC(CCC[N+](CCCC)(CCCC)CCCC)OP(=O)(O)O. The fourth-order valence-electron chi connectivity index (χ4n) is 3.85. The summed E-state index contributed by atoms with van der Waals surface area (Å²) in [6.07, 6.45) is 8.93. The lowest BCUT2D eigenvalue weighted by atomic mass is 10.1. The maximum atomic E-state index is 11.5.